The van der Waals surface area contributed by atoms with Crippen LogP contribution >= 0.6 is 0 Å². The molecule has 1 aromatic heterocycles. The van der Waals surface area contributed by atoms with Crippen molar-refractivity contribution < 1.29 is 8.81 Å². The molecule has 7 heteroatoms. The number of nitrogens with zero attached hydrogens (tertiary/aromatic N) is 3. The number of oxazole rings is 1. The molecule has 1 aromatic carbocycles. The minimum Gasteiger partial charge on any atom is -0.443 e. The lowest BCUT2D eigenvalue weighted by Gasteiger charge is -2.20. The average molecular weight is 390 g/mol. The third-order valence-corrected chi connectivity index (χ3v) is 4.24. The monoisotopic (exact) mass is 389 g/mol. The van der Waals surface area contributed by atoms with E-state index in [2.05, 4.69) is 41.4 Å². The first-order chi connectivity index (χ1) is 13.3. The van der Waals surface area contributed by atoms with Crippen molar-refractivity contribution in [1.82, 2.24) is 15.6 Å². The second-order valence-corrected chi connectivity index (χ2v) is 7.72. The van der Waals surface area contributed by atoms with Crippen molar-refractivity contribution in [2.75, 3.05) is 31.6 Å². The van der Waals surface area contributed by atoms with E-state index in [4.69, 9.17) is 4.42 Å². The normalized spacial score (nSPS) is 12.1. The van der Waals surface area contributed by atoms with Crippen molar-refractivity contribution in [3.05, 3.63) is 47.9 Å². The van der Waals surface area contributed by atoms with Gasteiger partial charge >= 0.3 is 0 Å². The summed E-state index contributed by atoms with van der Waals surface area (Å²) in [6.07, 6.45) is 2.62. The van der Waals surface area contributed by atoms with Crippen LogP contribution in [0.15, 0.2) is 39.9 Å². The summed E-state index contributed by atoms with van der Waals surface area (Å²) >= 11 is 0. The molecule has 0 radical (unpaired) electrons. The number of nitrogens with one attached hydrogen (secondary N) is 2. The zero-order chi connectivity index (χ0) is 20.6. The van der Waals surface area contributed by atoms with Gasteiger partial charge in [-0.3, -0.25) is 0 Å². The number of guanidine groups is 1. The highest BCUT2D eigenvalue weighted by Crippen LogP contribution is 2.22. The number of aromatic nitrogens is 1. The number of rotatable bonds is 8. The van der Waals surface area contributed by atoms with E-state index in [0.29, 0.717) is 24.1 Å². The predicted molar refractivity (Wildman–Crippen MR) is 112 cm³/mol. The Kier molecular flexibility index (Phi) is 7.84. The lowest BCUT2D eigenvalue weighted by molar-refractivity contribution is 0.383. The highest BCUT2D eigenvalue weighted by Gasteiger charge is 2.19. The van der Waals surface area contributed by atoms with Crippen LogP contribution in [-0.4, -0.2) is 37.6 Å². The maximum atomic E-state index is 13.8. The summed E-state index contributed by atoms with van der Waals surface area (Å²) < 4.78 is 19.6. The molecule has 2 rings (SSSR count). The van der Waals surface area contributed by atoms with Crippen LogP contribution in [0.25, 0.3) is 0 Å². The molecular weight excluding hydrogens is 357 g/mol. The van der Waals surface area contributed by atoms with Crippen LogP contribution in [0, 0.1) is 5.82 Å². The molecule has 2 aromatic rings. The summed E-state index contributed by atoms with van der Waals surface area (Å²) in [5.74, 6) is 1.97. The van der Waals surface area contributed by atoms with E-state index in [-0.39, 0.29) is 11.2 Å². The highest BCUT2D eigenvalue weighted by atomic mass is 19.1. The molecule has 28 heavy (non-hydrogen) atoms. The maximum Gasteiger partial charge on any atom is 0.216 e. The summed E-state index contributed by atoms with van der Waals surface area (Å²) in [5.41, 5.74) is 0.545. The van der Waals surface area contributed by atoms with E-state index < -0.39 is 0 Å². The van der Waals surface area contributed by atoms with E-state index in [0.717, 1.165) is 31.8 Å². The molecule has 0 aliphatic heterocycles. The number of para-hydroxylation sites is 1. The SMILES string of the molecule is CCNC(=NCc1ncc(C(C)(C)C)o1)NCCCN(C)c1ccccc1F. The second kappa shape index (κ2) is 10.1. The fourth-order valence-corrected chi connectivity index (χ4v) is 2.62. The molecule has 0 spiro atoms. The fourth-order valence-electron chi connectivity index (χ4n) is 2.62. The summed E-state index contributed by atoms with van der Waals surface area (Å²) in [4.78, 5) is 10.8. The van der Waals surface area contributed by atoms with Crippen molar-refractivity contribution in [1.29, 1.82) is 0 Å². The zero-order valence-electron chi connectivity index (χ0n) is 17.6. The average Bonchev–Trinajstić information content (AvgIpc) is 3.13. The first-order valence-electron chi connectivity index (χ1n) is 9.74. The van der Waals surface area contributed by atoms with E-state index >= 15 is 0 Å². The van der Waals surface area contributed by atoms with Crippen molar-refractivity contribution in [2.45, 2.75) is 46.1 Å². The van der Waals surface area contributed by atoms with Gasteiger partial charge < -0.3 is 20.0 Å². The van der Waals surface area contributed by atoms with Gasteiger partial charge in [0.15, 0.2) is 5.96 Å². The summed E-state index contributed by atoms with van der Waals surface area (Å²) in [6.45, 7) is 10.9. The van der Waals surface area contributed by atoms with Crippen molar-refractivity contribution in [3.8, 4) is 0 Å². The van der Waals surface area contributed by atoms with Gasteiger partial charge in [-0.2, -0.15) is 0 Å². The van der Waals surface area contributed by atoms with Gasteiger partial charge in [0, 0.05) is 32.1 Å². The molecule has 0 aliphatic rings. The Hall–Kier alpha value is -2.57. The molecule has 0 bridgehead atoms. The maximum absolute atomic E-state index is 13.8. The molecule has 1 heterocycles. The highest BCUT2D eigenvalue weighted by molar-refractivity contribution is 5.79. The largest absolute Gasteiger partial charge is 0.443 e. The minimum absolute atomic E-state index is 0.0675. The first kappa shape index (κ1) is 21.7. The van der Waals surface area contributed by atoms with E-state index in [1.165, 1.54) is 6.07 Å². The van der Waals surface area contributed by atoms with Crippen LogP contribution in [0.4, 0.5) is 10.1 Å². The Morgan fingerprint density at radius 1 is 1.25 bits per heavy atom. The standard InChI is InChI=1S/C21H32FN5O/c1-6-23-20(26-15-19-25-14-18(28-19)21(2,3)4)24-12-9-13-27(5)17-11-8-7-10-16(17)22/h7-8,10-11,14H,6,9,12-13,15H2,1-5H3,(H2,23,24,26). The molecule has 0 fully saturated rings. The lowest BCUT2D eigenvalue weighted by Crippen LogP contribution is -2.38. The predicted octanol–water partition coefficient (Wildman–Crippen LogP) is 3.69. The van der Waals surface area contributed by atoms with E-state index in [1.807, 2.05) is 24.9 Å². The molecule has 0 aliphatic carbocycles. The molecule has 0 saturated heterocycles. The Balaban J connectivity index is 1.83. The minimum atomic E-state index is -0.201. The Morgan fingerprint density at radius 3 is 2.64 bits per heavy atom. The Labute approximate surface area is 167 Å². The first-order valence-corrected chi connectivity index (χ1v) is 9.74. The van der Waals surface area contributed by atoms with Crippen LogP contribution in [0.3, 0.4) is 0 Å². The van der Waals surface area contributed by atoms with Gasteiger partial charge in [0.2, 0.25) is 5.89 Å². The van der Waals surface area contributed by atoms with Gasteiger partial charge in [-0.05, 0) is 25.5 Å². The number of halogens is 1. The summed E-state index contributed by atoms with van der Waals surface area (Å²) in [5, 5.41) is 6.51. The van der Waals surface area contributed by atoms with E-state index in [9.17, 15) is 4.39 Å². The molecule has 2 N–H and O–H groups in total. The molecule has 0 unspecified atom stereocenters. The molecular formula is C21H32FN5O. The van der Waals surface area contributed by atoms with E-state index in [1.54, 1.807) is 18.3 Å². The van der Waals surface area contributed by atoms with Gasteiger partial charge in [0.25, 0.3) is 0 Å². The quantitative estimate of drug-likeness (QED) is 0.409. The molecule has 154 valence electrons. The molecule has 0 saturated carbocycles. The molecule has 0 amide bonds. The van der Waals surface area contributed by atoms with Crippen molar-refractivity contribution in [2.24, 2.45) is 4.99 Å². The number of hydrogen-bond acceptors (Lipinski definition) is 4. The van der Waals surface area contributed by atoms with Gasteiger partial charge in [0.1, 0.15) is 18.1 Å². The Bertz CT molecular complexity index is 766. The number of anilines is 1. The fraction of sp³-hybridized carbons (Fsp3) is 0.524. The van der Waals surface area contributed by atoms with Gasteiger partial charge in [0.05, 0.1) is 11.9 Å². The molecule has 6 nitrogen and oxygen atoms in total. The van der Waals surface area contributed by atoms with Crippen molar-refractivity contribution in [3.63, 3.8) is 0 Å². The third kappa shape index (κ3) is 6.55. The Morgan fingerprint density at radius 2 is 2.00 bits per heavy atom. The van der Waals surface area contributed by atoms with Gasteiger partial charge in [-0.15, -0.1) is 0 Å². The number of hydrogen-bond donors (Lipinski definition) is 2. The van der Waals surface area contributed by atoms with Crippen LogP contribution in [-0.2, 0) is 12.0 Å². The van der Waals surface area contributed by atoms with Gasteiger partial charge in [-0.25, -0.2) is 14.4 Å². The third-order valence-electron chi connectivity index (χ3n) is 4.24. The van der Waals surface area contributed by atoms with Crippen LogP contribution in [0.5, 0.6) is 0 Å². The van der Waals surface area contributed by atoms with Crippen LogP contribution < -0.4 is 15.5 Å². The topological polar surface area (TPSA) is 65.7 Å². The van der Waals surface area contributed by atoms with Gasteiger partial charge in [-0.1, -0.05) is 32.9 Å². The second-order valence-electron chi connectivity index (χ2n) is 7.72. The number of benzene rings is 1. The molecule has 0 atom stereocenters. The lowest BCUT2D eigenvalue weighted by atomic mass is 9.94. The summed E-state index contributed by atoms with van der Waals surface area (Å²) in [7, 11) is 1.90. The smallest absolute Gasteiger partial charge is 0.216 e. The van der Waals surface area contributed by atoms with Crippen molar-refractivity contribution >= 4 is 11.6 Å². The zero-order valence-corrected chi connectivity index (χ0v) is 17.6. The van der Waals surface area contributed by atoms with Crippen LogP contribution in [0.2, 0.25) is 0 Å². The number of aliphatic imine (C=N–C) groups is 1. The van der Waals surface area contributed by atoms with Crippen LogP contribution in [0.1, 0.15) is 45.8 Å². The summed E-state index contributed by atoms with van der Waals surface area (Å²) in [6, 6.07) is 6.81.